The molecule has 1 N–H and O–H groups in total. The van der Waals surface area contributed by atoms with Crippen molar-refractivity contribution in [1.82, 2.24) is 15.1 Å². The third kappa shape index (κ3) is 3.14. The Kier molecular flexibility index (Phi) is 4.44. The smallest absolute Gasteiger partial charge is 0.0694 e. The first-order valence-corrected chi connectivity index (χ1v) is 7.33. The van der Waals surface area contributed by atoms with Crippen LogP contribution in [0.25, 0.3) is 0 Å². The molecule has 3 heteroatoms. The molecule has 1 fully saturated rings. The van der Waals surface area contributed by atoms with Crippen molar-refractivity contribution in [1.29, 1.82) is 0 Å². The molecular weight excluding hydrogens is 222 g/mol. The predicted molar refractivity (Wildman–Crippen MR) is 75.6 cm³/mol. The SMILES string of the molecule is CC(C)c1nn(C)cc1CNC1CCCCC1C. The first-order chi connectivity index (χ1) is 8.58. The Balaban J connectivity index is 1.97. The summed E-state index contributed by atoms with van der Waals surface area (Å²) in [5.74, 6) is 1.32. The fraction of sp³-hybridized carbons (Fsp3) is 0.800. The van der Waals surface area contributed by atoms with Crippen molar-refractivity contribution in [3.05, 3.63) is 17.5 Å². The van der Waals surface area contributed by atoms with Gasteiger partial charge in [-0.25, -0.2) is 0 Å². The molecule has 0 bridgehead atoms. The van der Waals surface area contributed by atoms with Gasteiger partial charge in [0.25, 0.3) is 0 Å². The summed E-state index contributed by atoms with van der Waals surface area (Å²) in [4.78, 5) is 0. The summed E-state index contributed by atoms with van der Waals surface area (Å²) in [6.07, 6.45) is 7.66. The second-order valence-electron chi connectivity index (χ2n) is 6.12. The second kappa shape index (κ2) is 5.87. The fourth-order valence-corrected chi connectivity index (χ4v) is 3.04. The largest absolute Gasteiger partial charge is 0.310 e. The summed E-state index contributed by atoms with van der Waals surface area (Å²) in [6, 6.07) is 0.693. The molecule has 0 aromatic carbocycles. The summed E-state index contributed by atoms with van der Waals surface area (Å²) < 4.78 is 1.94. The minimum atomic E-state index is 0.506. The van der Waals surface area contributed by atoms with E-state index in [4.69, 9.17) is 0 Å². The van der Waals surface area contributed by atoms with Crippen LogP contribution in [0.1, 0.15) is 63.6 Å². The molecule has 2 unspecified atom stereocenters. The lowest BCUT2D eigenvalue weighted by molar-refractivity contribution is 0.279. The maximum Gasteiger partial charge on any atom is 0.0694 e. The van der Waals surface area contributed by atoms with Crippen molar-refractivity contribution in [3.63, 3.8) is 0 Å². The first kappa shape index (κ1) is 13.6. The van der Waals surface area contributed by atoms with E-state index in [1.54, 1.807) is 0 Å². The molecule has 1 saturated carbocycles. The van der Waals surface area contributed by atoms with E-state index >= 15 is 0 Å². The number of hydrogen-bond donors (Lipinski definition) is 1. The molecule has 102 valence electrons. The zero-order valence-electron chi connectivity index (χ0n) is 12.2. The van der Waals surface area contributed by atoms with Crippen LogP contribution in [0.3, 0.4) is 0 Å². The molecule has 2 atom stereocenters. The molecule has 0 aliphatic heterocycles. The van der Waals surface area contributed by atoms with Gasteiger partial charge in [0, 0.05) is 31.4 Å². The molecule has 1 aliphatic rings. The zero-order valence-corrected chi connectivity index (χ0v) is 12.2. The Hall–Kier alpha value is -0.830. The highest BCUT2D eigenvalue weighted by Crippen LogP contribution is 2.24. The lowest BCUT2D eigenvalue weighted by atomic mass is 9.86. The fourth-order valence-electron chi connectivity index (χ4n) is 3.04. The number of nitrogens with zero attached hydrogens (tertiary/aromatic N) is 2. The maximum atomic E-state index is 4.57. The van der Waals surface area contributed by atoms with Crippen molar-refractivity contribution in [3.8, 4) is 0 Å². The lowest BCUT2D eigenvalue weighted by Crippen LogP contribution is -2.36. The van der Waals surface area contributed by atoms with E-state index in [9.17, 15) is 0 Å². The third-order valence-electron chi connectivity index (χ3n) is 4.15. The van der Waals surface area contributed by atoms with Crippen LogP contribution in [0, 0.1) is 5.92 Å². The summed E-state index contributed by atoms with van der Waals surface area (Å²) in [5.41, 5.74) is 2.61. The first-order valence-electron chi connectivity index (χ1n) is 7.33. The van der Waals surface area contributed by atoms with E-state index < -0.39 is 0 Å². The van der Waals surface area contributed by atoms with Gasteiger partial charge in [-0.15, -0.1) is 0 Å². The van der Waals surface area contributed by atoms with E-state index in [0.717, 1.165) is 12.5 Å². The Bertz CT molecular complexity index is 381. The highest BCUT2D eigenvalue weighted by molar-refractivity contribution is 5.20. The van der Waals surface area contributed by atoms with Gasteiger partial charge in [-0.2, -0.15) is 5.10 Å². The lowest BCUT2D eigenvalue weighted by Gasteiger charge is -2.29. The van der Waals surface area contributed by atoms with Gasteiger partial charge in [0.1, 0.15) is 0 Å². The van der Waals surface area contributed by atoms with Gasteiger partial charge in [0.15, 0.2) is 0 Å². The quantitative estimate of drug-likeness (QED) is 0.888. The van der Waals surface area contributed by atoms with Gasteiger partial charge in [-0.1, -0.05) is 33.6 Å². The maximum absolute atomic E-state index is 4.57. The Morgan fingerprint density at radius 2 is 2.11 bits per heavy atom. The molecule has 0 saturated heterocycles. The summed E-state index contributed by atoms with van der Waals surface area (Å²) in [7, 11) is 2.01. The Morgan fingerprint density at radius 1 is 1.39 bits per heavy atom. The van der Waals surface area contributed by atoms with Crippen LogP contribution in [0.5, 0.6) is 0 Å². The summed E-state index contributed by atoms with van der Waals surface area (Å²) in [5, 5.41) is 8.31. The molecule has 2 rings (SSSR count). The van der Waals surface area contributed by atoms with Crippen LogP contribution < -0.4 is 5.32 Å². The van der Waals surface area contributed by atoms with Gasteiger partial charge in [0.05, 0.1) is 5.69 Å². The van der Waals surface area contributed by atoms with Crippen molar-refractivity contribution in [2.45, 2.75) is 65.0 Å². The van der Waals surface area contributed by atoms with Gasteiger partial charge in [-0.3, -0.25) is 4.68 Å². The van der Waals surface area contributed by atoms with E-state index in [1.807, 2.05) is 11.7 Å². The number of nitrogens with one attached hydrogen (secondary N) is 1. The minimum Gasteiger partial charge on any atom is -0.310 e. The Labute approximate surface area is 111 Å². The standard InChI is InChI=1S/C15H27N3/c1-11(2)15-13(10-18(4)17-15)9-16-14-8-6-5-7-12(14)3/h10-12,14,16H,5-9H2,1-4H3. The van der Waals surface area contributed by atoms with Crippen molar-refractivity contribution < 1.29 is 0 Å². The van der Waals surface area contributed by atoms with Crippen molar-refractivity contribution >= 4 is 0 Å². The van der Waals surface area contributed by atoms with Crippen molar-refractivity contribution in [2.75, 3.05) is 0 Å². The van der Waals surface area contributed by atoms with Crippen molar-refractivity contribution in [2.24, 2.45) is 13.0 Å². The van der Waals surface area contributed by atoms with E-state index in [1.165, 1.54) is 36.9 Å². The summed E-state index contributed by atoms with van der Waals surface area (Å²) >= 11 is 0. The highest BCUT2D eigenvalue weighted by Gasteiger charge is 2.21. The van der Waals surface area contributed by atoms with Gasteiger partial charge < -0.3 is 5.32 Å². The van der Waals surface area contributed by atoms with Crippen LogP contribution in [0.15, 0.2) is 6.20 Å². The van der Waals surface area contributed by atoms with Crippen LogP contribution >= 0.6 is 0 Å². The molecule has 3 nitrogen and oxygen atoms in total. The predicted octanol–water partition coefficient (Wildman–Crippen LogP) is 3.21. The van der Waals surface area contributed by atoms with Crippen LogP contribution in [-0.4, -0.2) is 15.8 Å². The molecule has 1 aromatic rings. The zero-order chi connectivity index (χ0) is 13.1. The number of aryl methyl sites for hydroxylation is 1. The van der Waals surface area contributed by atoms with Crippen LogP contribution in [-0.2, 0) is 13.6 Å². The average Bonchev–Trinajstić information content (AvgIpc) is 2.70. The monoisotopic (exact) mass is 249 g/mol. The molecule has 1 aromatic heterocycles. The molecule has 0 spiro atoms. The minimum absolute atomic E-state index is 0.506. The highest BCUT2D eigenvalue weighted by atomic mass is 15.3. The van der Waals surface area contributed by atoms with Gasteiger partial charge >= 0.3 is 0 Å². The Morgan fingerprint density at radius 3 is 2.78 bits per heavy atom. The van der Waals surface area contributed by atoms with Gasteiger partial charge in [0.2, 0.25) is 0 Å². The van der Waals surface area contributed by atoms with E-state index in [0.29, 0.717) is 12.0 Å². The van der Waals surface area contributed by atoms with Gasteiger partial charge in [-0.05, 0) is 24.7 Å². The topological polar surface area (TPSA) is 29.9 Å². The van der Waals surface area contributed by atoms with E-state index in [-0.39, 0.29) is 0 Å². The normalized spacial score (nSPS) is 24.7. The van der Waals surface area contributed by atoms with Crippen LogP contribution in [0.4, 0.5) is 0 Å². The number of hydrogen-bond acceptors (Lipinski definition) is 2. The molecule has 0 amide bonds. The molecular formula is C15H27N3. The number of rotatable bonds is 4. The summed E-state index contributed by atoms with van der Waals surface area (Å²) in [6.45, 7) is 7.78. The molecule has 0 radical (unpaired) electrons. The molecule has 1 aliphatic carbocycles. The molecule has 18 heavy (non-hydrogen) atoms. The second-order valence-corrected chi connectivity index (χ2v) is 6.12. The average molecular weight is 249 g/mol. The van der Waals surface area contributed by atoms with E-state index in [2.05, 4.69) is 37.4 Å². The number of aromatic nitrogens is 2. The third-order valence-corrected chi connectivity index (χ3v) is 4.15. The molecule has 1 heterocycles. The van der Waals surface area contributed by atoms with Crippen LogP contribution in [0.2, 0.25) is 0 Å².